The van der Waals surface area contributed by atoms with Crippen molar-refractivity contribution >= 4 is 41.1 Å². The predicted octanol–water partition coefficient (Wildman–Crippen LogP) is 8.02. The van der Waals surface area contributed by atoms with Crippen LogP contribution in [0.25, 0.3) is 0 Å². The molecule has 5 amide bonds. The van der Waals surface area contributed by atoms with Gasteiger partial charge in [-0.25, -0.2) is 8.78 Å². The van der Waals surface area contributed by atoms with Gasteiger partial charge in [0.05, 0.1) is 6.04 Å². The summed E-state index contributed by atoms with van der Waals surface area (Å²) in [6, 6.07) is 9.18. The first-order chi connectivity index (χ1) is 37.0. The molecule has 0 unspecified atom stereocenters. The van der Waals surface area contributed by atoms with Gasteiger partial charge in [-0.15, -0.1) is 0 Å². The molecule has 4 atom stereocenters. The van der Waals surface area contributed by atoms with Gasteiger partial charge in [0.15, 0.2) is 0 Å². The van der Waals surface area contributed by atoms with Gasteiger partial charge in [0.1, 0.15) is 41.3 Å². The van der Waals surface area contributed by atoms with Crippen LogP contribution in [0.1, 0.15) is 168 Å². The Balaban J connectivity index is 0.000000244. The number of nitrogens with zero attached hydrogens (tertiary/aromatic N) is 3. The molecule has 0 aromatic heterocycles. The Morgan fingerprint density at radius 1 is 0.558 bits per heavy atom. The standard InChI is InChI=1S/C30H44FN5O4.C29H41FN2O3.C2H6/c1-20(32)28(39)36-17-14-33-26(19-36)27(38)34-25(18-22-8-10-24(31)11-9-22)29(40)35-15-12-30(13-16-35,21(2)37)23-6-4-3-5-7-23;1-21(33)29(24-10-6-3-7-11-24)16-18-32(19-17-29)28(35)26(20-22-12-14-25(30)15-13-22)31-27(34)23-8-4-2-5-9-23;1-2/h8-11,20,23,25-26,33H,3-7,12-19,32H2,1-2H3,(H,34,38);12-15,23-24,26H,2-11,16-20H2,1H3,(H,31,34);1-2H3/t20-,25-,26+;26-;/m11./s1. The molecule has 426 valence electrons. The van der Waals surface area contributed by atoms with Gasteiger partial charge < -0.3 is 36.4 Å². The SMILES string of the molecule is CC.CC(=O)C1(C2CCCCC2)CCN(C(=O)[C@@H](Cc2ccc(F)cc2)NC(=O)C2CCCCC2)CC1.CC(=O)C1(C2CCCCC2)CCN(C(=O)[C@@H](Cc2ccc(F)cc2)NC(=O)[C@@H]2CN(C(=O)[C@@H](C)N)CCN2)CC1. The van der Waals surface area contributed by atoms with E-state index in [0.29, 0.717) is 83.2 Å². The fraction of sp³-hybridized carbons (Fsp3) is 0.689. The summed E-state index contributed by atoms with van der Waals surface area (Å²) >= 11 is 0. The van der Waals surface area contributed by atoms with E-state index in [2.05, 4.69) is 16.0 Å². The zero-order valence-electron chi connectivity index (χ0n) is 47.0. The van der Waals surface area contributed by atoms with E-state index >= 15 is 0 Å². The molecular formula is C61H91F2N7O7. The van der Waals surface area contributed by atoms with Crippen molar-refractivity contribution < 1.29 is 42.3 Å². The van der Waals surface area contributed by atoms with Crippen LogP contribution in [0.4, 0.5) is 8.78 Å². The summed E-state index contributed by atoms with van der Waals surface area (Å²) in [4.78, 5) is 97.3. The van der Waals surface area contributed by atoms with E-state index in [1.165, 1.54) is 49.9 Å². The number of hydrogen-bond donors (Lipinski definition) is 4. The zero-order chi connectivity index (χ0) is 55.7. The largest absolute Gasteiger partial charge is 0.344 e. The third kappa shape index (κ3) is 16.0. The molecule has 0 radical (unpaired) electrons. The molecule has 8 rings (SSSR count). The normalized spacial score (nSPS) is 22.3. The van der Waals surface area contributed by atoms with Crippen molar-refractivity contribution in [3.05, 3.63) is 71.3 Å². The minimum absolute atomic E-state index is 0.0368. The first-order valence-electron chi connectivity index (χ1n) is 29.5. The number of halogens is 2. The van der Waals surface area contributed by atoms with Crippen LogP contribution in [0.5, 0.6) is 0 Å². The Bertz CT molecular complexity index is 2260. The Labute approximate surface area is 457 Å². The number of nitrogens with one attached hydrogen (secondary N) is 3. The number of ketones is 2. The Morgan fingerprint density at radius 2 is 0.935 bits per heavy atom. The maximum absolute atomic E-state index is 13.9. The van der Waals surface area contributed by atoms with Crippen LogP contribution in [-0.2, 0) is 46.4 Å². The highest BCUT2D eigenvalue weighted by atomic mass is 19.1. The summed E-state index contributed by atoms with van der Waals surface area (Å²) in [5.41, 5.74) is 6.62. The first-order valence-corrected chi connectivity index (χ1v) is 29.5. The lowest BCUT2D eigenvalue weighted by atomic mass is 9.62. The Hall–Kier alpha value is -5.09. The summed E-state index contributed by atoms with van der Waals surface area (Å²) in [5, 5.41) is 9.12. The third-order valence-electron chi connectivity index (χ3n) is 18.2. The minimum atomic E-state index is -0.862. The van der Waals surface area contributed by atoms with Crippen molar-refractivity contribution in [1.82, 2.24) is 30.7 Å². The molecule has 3 heterocycles. The number of carbonyl (C=O) groups excluding carboxylic acids is 7. The van der Waals surface area contributed by atoms with Crippen molar-refractivity contribution in [1.29, 1.82) is 0 Å². The van der Waals surface area contributed by atoms with E-state index in [9.17, 15) is 42.3 Å². The number of piperidine rings is 2. The van der Waals surface area contributed by atoms with Gasteiger partial charge in [-0.3, -0.25) is 33.6 Å². The van der Waals surface area contributed by atoms with Crippen molar-refractivity contribution in [2.75, 3.05) is 45.8 Å². The van der Waals surface area contributed by atoms with Crippen molar-refractivity contribution in [3.8, 4) is 0 Å². The van der Waals surface area contributed by atoms with Crippen LogP contribution < -0.4 is 21.7 Å². The maximum Gasteiger partial charge on any atom is 0.245 e. The van der Waals surface area contributed by atoms with Crippen LogP contribution in [0.3, 0.4) is 0 Å². The first kappa shape index (κ1) is 61.1. The van der Waals surface area contributed by atoms with E-state index in [0.717, 1.165) is 81.8 Å². The molecule has 14 nitrogen and oxygen atoms in total. The molecule has 77 heavy (non-hydrogen) atoms. The molecule has 2 aromatic carbocycles. The fourth-order valence-corrected chi connectivity index (χ4v) is 13.6. The van der Waals surface area contributed by atoms with Gasteiger partial charge in [0.25, 0.3) is 0 Å². The van der Waals surface area contributed by atoms with Crippen LogP contribution in [0.15, 0.2) is 48.5 Å². The van der Waals surface area contributed by atoms with E-state index in [1.54, 1.807) is 54.8 Å². The number of Topliss-reactive ketones (excluding diaryl/α,β-unsaturated/α-hetero) is 2. The number of hydrogen-bond acceptors (Lipinski definition) is 9. The Kier molecular flexibility index (Phi) is 23.2. The number of carbonyl (C=O) groups is 7. The lowest BCUT2D eigenvalue weighted by Gasteiger charge is -2.47. The molecule has 5 N–H and O–H groups in total. The van der Waals surface area contributed by atoms with Gasteiger partial charge in [-0.1, -0.05) is 95.9 Å². The van der Waals surface area contributed by atoms with E-state index in [4.69, 9.17) is 5.73 Å². The second-order valence-electron chi connectivity index (χ2n) is 22.9. The lowest BCUT2D eigenvalue weighted by molar-refractivity contribution is -0.144. The van der Waals surface area contributed by atoms with Crippen LogP contribution in [-0.4, -0.2) is 126 Å². The fourth-order valence-electron chi connectivity index (χ4n) is 13.6. The predicted molar refractivity (Wildman–Crippen MR) is 295 cm³/mol. The number of piperazine rings is 1. The summed E-state index contributed by atoms with van der Waals surface area (Å²) in [5.74, 6) is -0.385. The molecule has 6 fully saturated rings. The zero-order valence-corrected chi connectivity index (χ0v) is 47.0. The minimum Gasteiger partial charge on any atom is -0.344 e. The highest BCUT2D eigenvalue weighted by molar-refractivity contribution is 5.92. The summed E-state index contributed by atoms with van der Waals surface area (Å²) in [6.07, 6.45) is 19.7. The highest BCUT2D eigenvalue weighted by Crippen LogP contribution is 2.48. The Morgan fingerprint density at radius 3 is 1.31 bits per heavy atom. The summed E-state index contributed by atoms with van der Waals surface area (Å²) in [7, 11) is 0. The number of amides is 5. The second-order valence-corrected chi connectivity index (χ2v) is 22.9. The smallest absolute Gasteiger partial charge is 0.245 e. The molecule has 6 aliphatic rings. The molecule has 3 aliphatic carbocycles. The number of likely N-dealkylation sites (tertiary alicyclic amines) is 2. The molecule has 0 bridgehead atoms. The number of nitrogens with two attached hydrogens (primary N) is 1. The molecule has 3 aliphatic heterocycles. The van der Waals surface area contributed by atoms with Crippen LogP contribution >= 0.6 is 0 Å². The average Bonchev–Trinajstić information content (AvgIpc) is 3.47. The lowest BCUT2D eigenvalue weighted by Crippen LogP contribution is -2.62. The molecule has 0 spiro atoms. The van der Waals surface area contributed by atoms with Crippen LogP contribution in [0.2, 0.25) is 0 Å². The molecular weight excluding hydrogens is 981 g/mol. The number of benzene rings is 2. The van der Waals surface area contributed by atoms with Gasteiger partial charge in [0.2, 0.25) is 29.5 Å². The average molecular weight is 1070 g/mol. The van der Waals surface area contributed by atoms with E-state index < -0.39 is 24.2 Å². The highest BCUT2D eigenvalue weighted by Gasteiger charge is 2.48. The van der Waals surface area contributed by atoms with Crippen molar-refractivity contribution in [3.63, 3.8) is 0 Å². The molecule has 3 saturated heterocycles. The van der Waals surface area contributed by atoms with E-state index in [-0.39, 0.29) is 82.5 Å². The van der Waals surface area contributed by atoms with Gasteiger partial charge in [-0.05, 0) is 132 Å². The van der Waals surface area contributed by atoms with E-state index in [1.807, 2.05) is 18.7 Å². The quantitative estimate of drug-likeness (QED) is 0.137. The maximum atomic E-state index is 13.9. The van der Waals surface area contributed by atoms with Gasteiger partial charge >= 0.3 is 0 Å². The van der Waals surface area contributed by atoms with Crippen LogP contribution in [0, 0.1) is 40.2 Å². The molecule has 16 heteroatoms. The summed E-state index contributed by atoms with van der Waals surface area (Å²) < 4.78 is 27.0. The second kappa shape index (κ2) is 29.2. The summed E-state index contributed by atoms with van der Waals surface area (Å²) in [6.45, 7) is 12.1. The molecule has 3 saturated carbocycles. The topological polar surface area (TPSA) is 191 Å². The van der Waals surface area contributed by atoms with Gasteiger partial charge in [-0.2, -0.15) is 0 Å². The third-order valence-corrected chi connectivity index (χ3v) is 18.2. The van der Waals surface area contributed by atoms with Crippen molar-refractivity contribution in [2.24, 2.45) is 34.3 Å². The van der Waals surface area contributed by atoms with Crippen molar-refractivity contribution in [2.45, 2.75) is 194 Å². The monoisotopic (exact) mass is 1070 g/mol. The molecule has 2 aromatic rings. The van der Waals surface area contributed by atoms with Gasteiger partial charge in [0, 0.05) is 75.4 Å². The number of rotatable bonds is 15.